The molecule has 2 fully saturated rings. The number of anilines is 1. The largest absolute Gasteiger partial charge is 0.504 e. The van der Waals surface area contributed by atoms with Crippen LogP contribution < -0.4 is 21.0 Å². The topological polar surface area (TPSA) is 116 Å². The van der Waals surface area contributed by atoms with Crippen molar-refractivity contribution in [2.24, 2.45) is 5.92 Å². The van der Waals surface area contributed by atoms with Crippen molar-refractivity contribution in [1.82, 2.24) is 13.9 Å². The van der Waals surface area contributed by atoms with Gasteiger partial charge in [0.05, 0.1) is 31.1 Å². The van der Waals surface area contributed by atoms with Crippen LogP contribution in [0.15, 0.2) is 100 Å². The molecule has 3 heterocycles. The number of ether oxygens (including phenoxy) is 1. The summed E-state index contributed by atoms with van der Waals surface area (Å²) in [6.07, 6.45) is 4.71. The highest BCUT2D eigenvalue weighted by molar-refractivity contribution is 6.57. The zero-order chi connectivity index (χ0) is 32.5. The number of hydrogen-bond donors (Lipinski definition) is 1. The standard InChI is InChI=1S/C33H25Cl2FN4O6/c1-46-27-17-19(8-14-26(27)41)7-13-24-23-15-16-37-30(44)39(21-5-3-2-4-6-21)31(45)40(37)25(23)18-32(34)28(42)38(29(43)33(24,32)35)22-11-9-20(36)10-12-22/h2-15,17,24-25,41H,16,18H2,1H3. The maximum absolute atomic E-state index is 14.3. The molecule has 234 valence electrons. The number of amides is 2. The SMILES string of the molecule is COc1cc(C=CC2C3=CCn4c(=O)n(-c5ccccc5)c(=O)n4C3CC3(Cl)C(=O)N(c4ccc(F)cc4)C(=O)C23Cl)ccc1O. The maximum Gasteiger partial charge on any atom is 0.352 e. The monoisotopic (exact) mass is 662 g/mol. The Morgan fingerprint density at radius 1 is 0.935 bits per heavy atom. The van der Waals surface area contributed by atoms with E-state index in [1.54, 1.807) is 60.7 Å². The van der Waals surface area contributed by atoms with Crippen LogP contribution >= 0.6 is 23.2 Å². The van der Waals surface area contributed by atoms with Gasteiger partial charge in [0.2, 0.25) is 0 Å². The Hall–Kier alpha value is -4.87. The highest BCUT2D eigenvalue weighted by Crippen LogP contribution is 2.61. The number of hydrogen-bond acceptors (Lipinski definition) is 6. The summed E-state index contributed by atoms with van der Waals surface area (Å²) in [5.74, 6) is -3.13. The quantitative estimate of drug-likeness (QED) is 0.193. The van der Waals surface area contributed by atoms with Gasteiger partial charge in [-0.05, 0) is 59.7 Å². The number of phenols is 1. The van der Waals surface area contributed by atoms with Crippen molar-refractivity contribution >= 4 is 46.8 Å². The van der Waals surface area contributed by atoms with Crippen LogP contribution in [0.25, 0.3) is 11.8 Å². The molecular formula is C33H25Cl2FN4O6. The summed E-state index contributed by atoms with van der Waals surface area (Å²) in [4.78, 5) is 52.7. The predicted molar refractivity (Wildman–Crippen MR) is 169 cm³/mol. The zero-order valence-electron chi connectivity index (χ0n) is 24.1. The lowest BCUT2D eigenvalue weighted by atomic mass is 9.66. The van der Waals surface area contributed by atoms with Crippen LogP contribution in [0.3, 0.4) is 0 Å². The number of fused-ring (bicyclic) bond motifs is 4. The molecule has 46 heavy (non-hydrogen) atoms. The number of alkyl halides is 2. The number of para-hydroxylation sites is 1. The number of allylic oxidation sites excluding steroid dienone is 3. The van der Waals surface area contributed by atoms with Crippen LogP contribution in [0.4, 0.5) is 10.1 Å². The predicted octanol–water partition coefficient (Wildman–Crippen LogP) is 4.40. The van der Waals surface area contributed by atoms with Crippen LogP contribution in [0.5, 0.6) is 11.5 Å². The molecule has 3 aliphatic rings. The Bertz CT molecular complexity index is 2100. The van der Waals surface area contributed by atoms with Gasteiger partial charge >= 0.3 is 11.4 Å². The van der Waals surface area contributed by atoms with Gasteiger partial charge in [0.15, 0.2) is 21.2 Å². The molecule has 4 atom stereocenters. The summed E-state index contributed by atoms with van der Waals surface area (Å²) in [5, 5.41) is 10.1. The molecule has 1 N–H and O–H groups in total. The van der Waals surface area contributed by atoms with Gasteiger partial charge in [0, 0.05) is 12.3 Å². The third-order valence-electron chi connectivity index (χ3n) is 8.92. The Kier molecular flexibility index (Phi) is 6.87. The molecule has 1 aliphatic carbocycles. The van der Waals surface area contributed by atoms with Crippen molar-refractivity contribution in [2.75, 3.05) is 12.0 Å². The molecule has 0 spiro atoms. The van der Waals surface area contributed by atoms with E-state index in [4.69, 9.17) is 27.9 Å². The van der Waals surface area contributed by atoms with E-state index >= 15 is 0 Å². The molecule has 3 aromatic carbocycles. The van der Waals surface area contributed by atoms with E-state index in [1.165, 1.54) is 34.7 Å². The van der Waals surface area contributed by atoms with Gasteiger partial charge in [0.25, 0.3) is 11.8 Å². The lowest BCUT2D eigenvalue weighted by molar-refractivity contribution is -0.122. The second-order valence-electron chi connectivity index (χ2n) is 11.3. The highest BCUT2D eigenvalue weighted by atomic mass is 35.5. The van der Waals surface area contributed by atoms with Crippen LogP contribution in [0.2, 0.25) is 0 Å². The molecule has 1 aromatic heterocycles. The molecule has 4 unspecified atom stereocenters. The Balaban J connectivity index is 1.42. The van der Waals surface area contributed by atoms with Crippen LogP contribution in [0, 0.1) is 11.7 Å². The van der Waals surface area contributed by atoms with Gasteiger partial charge in [-0.1, -0.05) is 42.5 Å². The van der Waals surface area contributed by atoms with E-state index in [0.717, 1.165) is 21.6 Å². The minimum absolute atomic E-state index is 0.0107. The van der Waals surface area contributed by atoms with E-state index in [9.17, 15) is 28.7 Å². The van der Waals surface area contributed by atoms with Crippen molar-refractivity contribution < 1.29 is 23.8 Å². The number of imide groups is 1. The summed E-state index contributed by atoms with van der Waals surface area (Å²) in [7, 11) is 1.41. The lowest BCUT2D eigenvalue weighted by Crippen LogP contribution is -2.60. The van der Waals surface area contributed by atoms with Crippen LogP contribution in [-0.2, 0) is 16.1 Å². The third kappa shape index (κ3) is 4.08. The fourth-order valence-electron chi connectivity index (χ4n) is 6.71. The highest BCUT2D eigenvalue weighted by Gasteiger charge is 2.75. The van der Waals surface area contributed by atoms with E-state index < -0.39 is 50.7 Å². The molecule has 0 radical (unpaired) electrons. The summed E-state index contributed by atoms with van der Waals surface area (Å²) in [6, 6.07) is 16.9. The molecule has 1 saturated carbocycles. The van der Waals surface area contributed by atoms with Crippen molar-refractivity contribution in [3.05, 3.63) is 123 Å². The van der Waals surface area contributed by atoms with Gasteiger partial charge < -0.3 is 9.84 Å². The first-order valence-corrected chi connectivity index (χ1v) is 15.0. The van der Waals surface area contributed by atoms with Crippen molar-refractivity contribution in [3.63, 3.8) is 0 Å². The first-order valence-electron chi connectivity index (χ1n) is 14.3. The third-order valence-corrected chi connectivity index (χ3v) is 10.3. The summed E-state index contributed by atoms with van der Waals surface area (Å²) in [6.45, 7) is -0.0107. The molecule has 13 heteroatoms. The number of phenolic OH excluding ortho intramolecular Hbond substituents is 1. The minimum Gasteiger partial charge on any atom is -0.504 e. The van der Waals surface area contributed by atoms with Gasteiger partial charge in [-0.25, -0.2) is 32.8 Å². The number of methoxy groups -OCH3 is 1. The van der Waals surface area contributed by atoms with Gasteiger partial charge in [-0.2, -0.15) is 0 Å². The number of carbonyl (C=O) groups excluding carboxylic acids is 2. The maximum atomic E-state index is 14.3. The number of benzene rings is 3. The molecule has 1 saturated heterocycles. The van der Waals surface area contributed by atoms with Crippen LogP contribution in [-0.4, -0.2) is 47.7 Å². The number of rotatable bonds is 5. The van der Waals surface area contributed by atoms with E-state index in [2.05, 4.69) is 0 Å². The molecule has 2 aliphatic heterocycles. The minimum atomic E-state index is -2.09. The Morgan fingerprint density at radius 3 is 2.35 bits per heavy atom. The number of halogens is 3. The Labute approximate surface area is 270 Å². The second-order valence-corrected chi connectivity index (χ2v) is 12.5. The number of aromatic nitrogens is 3. The average Bonchev–Trinajstić information content (AvgIpc) is 3.40. The van der Waals surface area contributed by atoms with Crippen molar-refractivity contribution in [3.8, 4) is 17.2 Å². The van der Waals surface area contributed by atoms with E-state index in [-0.39, 0.29) is 30.2 Å². The van der Waals surface area contributed by atoms with Gasteiger partial charge in [0.1, 0.15) is 5.82 Å². The van der Waals surface area contributed by atoms with Crippen LogP contribution in [0.1, 0.15) is 18.0 Å². The second kappa shape index (κ2) is 10.6. The smallest absolute Gasteiger partial charge is 0.352 e. The summed E-state index contributed by atoms with van der Waals surface area (Å²) < 4.78 is 22.6. The van der Waals surface area contributed by atoms with E-state index in [1.807, 2.05) is 0 Å². The molecule has 10 nitrogen and oxygen atoms in total. The fourth-order valence-corrected chi connectivity index (χ4v) is 7.58. The lowest BCUT2D eigenvalue weighted by Gasteiger charge is -2.47. The average molecular weight is 663 g/mol. The number of aromatic hydroxyl groups is 1. The Morgan fingerprint density at radius 2 is 1.65 bits per heavy atom. The summed E-state index contributed by atoms with van der Waals surface area (Å²) >= 11 is 14.6. The first kappa shape index (κ1) is 29.8. The number of carbonyl (C=O) groups is 2. The zero-order valence-corrected chi connectivity index (χ0v) is 25.7. The molecular weight excluding hydrogens is 638 g/mol. The van der Waals surface area contributed by atoms with Crippen molar-refractivity contribution in [1.29, 1.82) is 0 Å². The molecule has 4 aromatic rings. The normalized spacial score (nSPS) is 25.3. The number of nitrogens with zero attached hydrogens (tertiary/aromatic N) is 4. The van der Waals surface area contributed by atoms with Crippen molar-refractivity contribution in [2.45, 2.75) is 28.8 Å². The fraction of sp³-hybridized carbons (Fsp3) is 0.212. The summed E-state index contributed by atoms with van der Waals surface area (Å²) in [5.41, 5.74) is 0.310. The molecule has 0 bridgehead atoms. The first-order chi connectivity index (χ1) is 22.0. The van der Waals surface area contributed by atoms with Gasteiger partial charge in [-0.15, -0.1) is 23.2 Å². The molecule has 2 amide bonds. The van der Waals surface area contributed by atoms with Gasteiger partial charge in [-0.3, -0.25) is 9.59 Å². The van der Waals surface area contributed by atoms with E-state index in [0.29, 0.717) is 16.8 Å². The molecule has 7 rings (SSSR count).